The number of carbonyl (C=O) groups excluding carboxylic acids is 1. The third-order valence-electron chi connectivity index (χ3n) is 2.09. The van der Waals surface area contributed by atoms with E-state index in [0.29, 0.717) is 17.8 Å². The van der Waals surface area contributed by atoms with Crippen molar-refractivity contribution in [1.29, 1.82) is 0 Å². The number of hydrogen-bond donors (Lipinski definition) is 2. The summed E-state index contributed by atoms with van der Waals surface area (Å²) in [4.78, 5) is 11.2. The largest absolute Gasteiger partial charge is 0.398 e. The quantitative estimate of drug-likeness (QED) is 0.767. The Balaban J connectivity index is 2.62. The van der Waals surface area contributed by atoms with Crippen molar-refractivity contribution in [3.05, 3.63) is 29.6 Å². The summed E-state index contributed by atoms with van der Waals surface area (Å²) < 4.78 is 24.6. The monoisotopic (exact) mass is 258 g/mol. The predicted octanol–water partition coefficient (Wildman–Crippen LogP) is 0.793. The van der Waals surface area contributed by atoms with E-state index in [1.807, 2.05) is 0 Å². The lowest BCUT2D eigenvalue weighted by atomic mass is 10.2. The van der Waals surface area contributed by atoms with Crippen molar-refractivity contribution in [2.24, 2.45) is 0 Å². The highest BCUT2D eigenvalue weighted by Gasteiger charge is 2.10. The minimum absolute atomic E-state index is 0.0841. The van der Waals surface area contributed by atoms with E-state index in [2.05, 4.69) is 5.32 Å². The molecule has 0 spiro atoms. The zero-order valence-corrected chi connectivity index (χ0v) is 10.3. The summed E-state index contributed by atoms with van der Waals surface area (Å²) in [5, 5.41) is 2.55. The number of carbonyl (C=O) groups is 1. The first-order chi connectivity index (χ1) is 8.02. The maximum Gasteiger partial charge on any atom is 0.232 e. The molecular formula is C11H15FN2O2S. The molecule has 0 fully saturated rings. The second-order valence-corrected chi connectivity index (χ2v) is 4.98. The maximum absolute atomic E-state index is 12.9. The zero-order chi connectivity index (χ0) is 12.8. The normalized spacial score (nSPS) is 12.1. The molecule has 1 rings (SSSR count). The van der Waals surface area contributed by atoms with E-state index in [4.69, 9.17) is 5.73 Å². The number of hydrogen-bond acceptors (Lipinski definition) is 3. The Hall–Kier alpha value is -1.43. The van der Waals surface area contributed by atoms with Crippen molar-refractivity contribution >= 4 is 22.4 Å². The molecule has 0 aliphatic rings. The summed E-state index contributed by atoms with van der Waals surface area (Å²) in [6.07, 6.45) is 0. The van der Waals surface area contributed by atoms with Crippen molar-refractivity contribution in [2.45, 2.75) is 12.7 Å². The highest BCUT2D eigenvalue weighted by Crippen LogP contribution is 2.15. The molecule has 0 bridgehead atoms. The fourth-order valence-corrected chi connectivity index (χ4v) is 2.41. The number of nitrogens with one attached hydrogen (secondary N) is 1. The zero-order valence-electron chi connectivity index (χ0n) is 9.53. The summed E-state index contributed by atoms with van der Waals surface area (Å²) in [5.41, 5.74) is 6.48. The van der Waals surface area contributed by atoms with Gasteiger partial charge in [-0.3, -0.25) is 9.00 Å². The number of nitrogen functional groups attached to an aromatic ring is 1. The van der Waals surface area contributed by atoms with Gasteiger partial charge >= 0.3 is 0 Å². The van der Waals surface area contributed by atoms with Gasteiger partial charge in [0.05, 0.1) is 5.75 Å². The minimum Gasteiger partial charge on any atom is -0.398 e. The lowest BCUT2D eigenvalue weighted by Gasteiger charge is -2.06. The fraction of sp³-hybridized carbons (Fsp3) is 0.364. The van der Waals surface area contributed by atoms with Crippen LogP contribution in [-0.2, 0) is 21.3 Å². The topological polar surface area (TPSA) is 72.2 Å². The summed E-state index contributed by atoms with van der Waals surface area (Å²) in [5.74, 6) is -0.713. The fourth-order valence-electron chi connectivity index (χ4n) is 1.32. The Labute approximate surface area is 102 Å². The highest BCUT2D eigenvalue weighted by atomic mass is 32.2. The number of rotatable bonds is 5. The number of halogens is 1. The molecule has 1 aromatic carbocycles. The minimum atomic E-state index is -1.38. The van der Waals surface area contributed by atoms with Crippen LogP contribution in [0, 0.1) is 5.82 Å². The molecule has 3 N–H and O–H groups in total. The Kier molecular flexibility index (Phi) is 5.09. The number of benzene rings is 1. The van der Waals surface area contributed by atoms with Gasteiger partial charge in [0, 0.05) is 23.0 Å². The van der Waals surface area contributed by atoms with Crippen LogP contribution in [0.1, 0.15) is 12.5 Å². The van der Waals surface area contributed by atoms with Gasteiger partial charge in [0.2, 0.25) is 5.91 Å². The van der Waals surface area contributed by atoms with Crippen LogP contribution in [0.3, 0.4) is 0 Å². The van der Waals surface area contributed by atoms with E-state index in [9.17, 15) is 13.4 Å². The van der Waals surface area contributed by atoms with Gasteiger partial charge in [-0.15, -0.1) is 0 Å². The Morgan fingerprint density at radius 2 is 2.24 bits per heavy atom. The molecule has 0 aromatic heterocycles. The van der Waals surface area contributed by atoms with Crippen molar-refractivity contribution in [1.82, 2.24) is 5.32 Å². The average molecular weight is 258 g/mol. The van der Waals surface area contributed by atoms with Gasteiger partial charge in [0.1, 0.15) is 11.6 Å². The Morgan fingerprint density at radius 1 is 1.53 bits per heavy atom. The molecule has 0 radical (unpaired) electrons. The van der Waals surface area contributed by atoms with Crippen molar-refractivity contribution in [3.63, 3.8) is 0 Å². The van der Waals surface area contributed by atoms with Gasteiger partial charge in [0.25, 0.3) is 0 Å². The number of nitrogens with two attached hydrogens (primary N) is 1. The van der Waals surface area contributed by atoms with E-state index in [1.54, 1.807) is 6.92 Å². The standard InChI is InChI=1S/C11H15FN2O2S/c1-2-14-11(15)7-17(16)6-8-5-9(12)3-4-10(8)13/h3-5H,2,6-7,13H2,1H3,(H,14,15). The molecule has 1 amide bonds. The first-order valence-corrected chi connectivity index (χ1v) is 6.67. The lowest BCUT2D eigenvalue weighted by molar-refractivity contribution is -0.118. The van der Waals surface area contributed by atoms with Gasteiger partial charge in [-0.05, 0) is 30.7 Å². The maximum atomic E-state index is 12.9. The average Bonchev–Trinajstić information content (AvgIpc) is 2.23. The first kappa shape index (κ1) is 13.6. The molecule has 4 nitrogen and oxygen atoms in total. The van der Waals surface area contributed by atoms with Crippen LogP contribution in [0.25, 0.3) is 0 Å². The van der Waals surface area contributed by atoms with Crippen molar-refractivity contribution in [2.75, 3.05) is 18.0 Å². The van der Waals surface area contributed by atoms with Crippen LogP contribution in [0.15, 0.2) is 18.2 Å². The van der Waals surface area contributed by atoms with Crippen LogP contribution in [-0.4, -0.2) is 22.4 Å². The lowest BCUT2D eigenvalue weighted by Crippen LogP contribution is -2.28. The number of amides is 1. The molecule has 0 saturated carbocycles. The van der Waals surface area contributed by atoms with Gasteiger partial charge < -0.3 is 11.1 Å². The second kappa shape index (κ2) is 6.34. The predicted molar refractivity (Wildman–Crippen MR) is 66.2 cm³/mol. The van der Waals surface area contributed by atoms with Gasteiger partial charge in [0.15, 0.2) is 0 Å². The summed E-state index contributed by atoms with van der Waals surface area (Å²) in [7, 11) is -1.38. The third kappa shape index (κ3) is 4.52. The second-order valence-electron chi connectivity index (χ2n) is 3.53. The molecule has 1 atom stereocenters. The molecule has 1 unspecified atom stereocenters. The van der Waals surface area contributed by atoms with Crippen LogP contribution in [0.4, 0.5) is 10.1 Å². The highest BCUT2D eigenvalue weighted by molar-refractivity contribution is 7.84. The van der Waals surface area contributed by atoms with Gasteiger partial charge in [-0.2, -0.15) is 0 Å². The number of anilines is 1. The van der Waals surface area contributed by atoms with E-state index < -0.39 is 16.6 Å². The molecule has 0 aliphatic carbocycles. The van der Waals surface area contributed by atoms with Crippen LogP contribution in [0.5, 0.6) is 0 Å². The van der Waals surface area contributed by atoms with E-state index >= 15 is 0 Å². The summed E-state index contributed by atoms with van der Waals surface area (Å²) >= 11 is 0. The third-order valence-corrected chi connectivity index (χ3v) is 3.30. The Morgan fingerprint density at radius 3 is 2.88 bits per heavy atom. The van der Waals surface area contributed by atoms with Crippen LogP contribution < -0.4 is 11.1 Å². The first-order valence-electron chi connectivity index (χ1n) is 5.18. The van der Waals surface area contributed by atoms with Crippen LogP contribution in [0.2, 0.25) is 0 Å². The molecule has 17 heavy (non-hydrogen) atoms. The molecule has 1 aromatic rings. The SMILES string of the molecule is CCNC(=O)CS(=O)Cc1cc(F)ccc1N. The smallest absolute Gasteiger partial charge is 0.232 e. The molecule has 6 heteroatoms. The van der Waals surface area contributed by atoms with Crippen LogP contribution >= 0.6 is 0 Å². The van der Waals surface area contributed by atoms with E-state index in [0.717, 1.165) is 0 Å². The van der Waals surface area contributed by atoms with Crippen molar-refractivity contribution in [3.8, 4) is 0 Å². The molecule has 0 heterocycles. The molecule has 94 valence electrons. The van der Waals surface area contributed by atoms with Gasteiger partial charge in [-0.1, -0.05) is 0 Å². The molecule has 0 saturated heterocycles. The molecule has 0 aliphatic heterocycles. The summed E-state index contributed by atoms with van der Waals surface area (Å²) in [6, 6.07) is 3.91. The summed E-state index contributed by atoms with van der Waals surface area (Å²) in [6.45, 7) is 2.28. The molecular weight excluding hydrogens is 243 g/mol. The van der Waals surface area contributed by atoms with E-state index in [1.165, 1.54) is 18.2 Å². The van der Waals surface area contributed by atoms with E-state index in [-0.39, 0.29) is 17.4 Å². The van der Waals surface area contributed by atoms with Crippen molar-refractivity contribution < 1.29 is 13.4 Å². The van der Waals surface area contributed by atoms with Gasteiger partial charge in [-0.25, -0.2) is 4.39 Å². The Bertz CT molecular complexity index is 437.